The number of hydrogen-bond acceptors (Lipinski definition) is 2. The molecule has 5 heteroatoms. The van der Waals surface area contributed by atoms with Crippen molar-refractivity contribution in [2.75, 3.05) is 0 Å². The van der Waals surface area contributed by atoms with Crippen molar-refractivity contribution < 1.29 is 0 Å². The molecule has 86 valence electrons. The van der Waals surface area contributed by atoms with E-state index in [1.807, 2.05) is 6.92 Å². The quantitative estimate of drug-likeness (QED) is 0.517. The molecule has 0 N–H and O–H groups in total. The molecule has 1 atom stereocenters. The molecule has 2 rings (SSSR count). The van der Waals surface area contributed by atoms with Crippen LogP contribution in [0.4, 0.5) is 0 Å². The molecule has 0 aliphatic carbocycles. The molecule has 0 fully saturated rings. The lowest BCUT2D eigenvalue weighted by Gasteiger charge is -2.05. The second-order valence-electron chi connectivity index (χ2n) is 3.51. The maximum Gasteiger partial charge on any atom is 0.0846 e. The second kappa shape index (κ2) is 5.11. The predicted molar refractivity (Wildman–Crippen MR) is 81.6 cm³/mol. The minimum atomic E-state index is 0.202. The Kier molecular flexibility index (Phi) is 4.18. The van der Waals surface area contributed by atoms with E-state index in [0.29, 0.717) is 0 Å². The van der Waals surface area contributed by atoms with Crippen LogP contribution in [-0.4, -0.2) is 0 Å². The van der Waals surface area contributed by atoms with Crippen LogP contribution in [0.25, 0.3) is 0 Å². The van der Waals surface area contributed by atoms with Gasteiger partial charge in [-0.25, -0.2) is 0 Å². The van der Waals surface area contributed by atoms with Crippen LogP contribution in [0.15, 0.2) is 15.9 Å². The highest BCUT2D eigenvalue weighted by molar-refractivity contribution is 9.10. The second-order valence-corrected chi connectivity index (χ2v) is 7.86. The summed E-state index contributed by atoms with van der Waals surface area (Å²) in [4.78, 5) is 3.97. The van der Waals surface area contributed by atoms with Crippen molar-refractivity contribution in [3.63, 3.8) is 0 Å². The maximum atomic E-state index is 6.27. The first-order chi connectivity index (χ1) is 7.50. The first kappa shape index (κ1) is 13.1. The first-order valence-electron chi connectivity index (χ1n) is 4.64. The Morgan fingerprint density at radius 3 is 2.50 bits per heavy atom. The van der Waals surface area contributed by atoms with E-state index in [9.17, 15) is 0 Å². The lowest BCUT2D eigenvalue weighted by atomic mass is 10.2. The number of rotatable bonds is 2. The molecule has 2 aromatic heterocycles. The van der Waals surface area contributed by atoms with Crippen molar-refractivity contribution in [3.8, 4) is 0 Å². The standard InChI is InChI=1S/C11H9Br2ClS2/c1-5-4-15-11(10(5)14)9(13)8-3-7(12)6(2)16-8/h3-4,9H,1-2H3. The van der Waals surface area contributed by atoms with Crippen LogP contribution in [0, 0.1) is 13.8 Å². The average Bonchev–Trinajstić information content (AvgIpc) is 2.73. The van der Waals surface area contributed by atoms with E-state index in [0.717, 1.165) is 10.6 Å². The number of thiophene rings is 2. The van der Waals surface area contributed by atoms with Crippen molar-refractivity contribution in [2.24, 2.45) is 0 Å². The number of aryl methyl sites for hydroxylation is 2. The molecule has 0 aliphatic heterocycles. The van der Waals surface area contributed by atoms with Gasteiger partial charge in [-0.05, 0) is 46.8 Å². The van der Waals surface area contributed by atoms with Gasteiger partial charge in [0.1, 0.15) is 0 Å². The Bertz CT molecular complexity index is 497. The third-order valence-corrected chi connectivity index (χ3v) is 7.82. The Balaban J connectivity index is 2.38. The van der Waals surface area contributed by atoms with E-state index in [-0.39, 0.29) is 4.83 Å². The highest BCUT2D eigenvalue weighted by Crippen LogP contribution is 2.44. The van der Waals surface area contributed by atoms with Gasteiger partial charge in [0.2, 0.25) is 0 Å². The van der Waals surface area contributed by atoms with Crippen LogP contribution < -0.4 is 0 Å². The fourth-order valence-corrected chi connectivity index (χ4v) is 5.37. The summed E-state index contributed by atoms with van der Waals surface area (Å²) in [5, 5.41) is 2.98. The van der Waals surface area contributed by atoms with E-state index in [2.05, 4.69) is 50.2 Å². The molecule has 2 heterocycles. The average molecular weight is 401 g/mol. The molecule has 0 aliphatic rings. The number of halogens is 3. The summed E-state index contributed by atoms with van der Waals surface area (Å²) in [6, 6.07) is 2.16. The van der Waals surface area contributed by atoms with E-state index in [4.69, 9.17) is 11.6 Å². The SMILES string of the molecule is Cc1csc(C(Br)c2cc(Br)c(C)s2)c1Cl. The lowest BCUT2D eigenvalue weighted by Crippen LogP contribution is -1.85. The molecule has 0 spiro atoms. The van der Waals surface area contributed by atoms with Crippen LogP contribution in [-0.2, 0) is 0 Å². The minimum Gasteiger partial charge on any atom is -0.145 e. The zero-order valence-electron chi connectivity index (χ0n) is 8.68. The van der Waals surface area contributed by atoms with Crippen LogP contribution in [0.5, 0.6) is 0 Å². The van der Waals surface area contributed by atoms with Gasteiger partial charge in [-0.2, -0.15) is 0 Å². The van der Waals surface area contributed by atoms with Crippen molar-refractivity contribution >= 4 is 66.1 Å². The summed E-state index contributed by atoms with van der Waals surface area (Å²) >= 11 is 17.0. The Hall–Kier alpha value is 0.650. The lowest BCUT2D eigenvalue weighted by molar-refractivity contribution is 1.28. The highest BCUT2D eigenvalue weighted by Gasteiger charge is 2.19. The molecule has 0 amide bonds. The molecule has 0 nitrogen and oxygen atoms in total. The zero-order chi connectivity index (χ0) is 11.9. The van der Waals surface area contributed by atoms with Gasteiger partial charge in [-0.15, -0.1) is 22.7 Å². The molecule has 0 radical (unpaired) electrons. The van der Waals surface area contributed by atoms with Crippen LogP contribution >= 0.6 is 66.1 Å². The fraction of sp³-hybridized carbons (Fsp3) is 0.273. The van der Waals surface area contributed by atoms with Gasteiger partial charge >= 0.3 is 0 Å². The summed E-state index contributed by atoms with van der Waals surface area (Å²) in [6.45, 7) is 4.15. The van der Waals surface area contributed by atoms with Gasteiger partial charge in [0.05, 0.1) is 9.85 Å². The van der Waals surface area contributed by atoms with Gasteiger partial charge in [-0.1, -0.05) is 27.5 Å². The van der Waals surface area contributed by atoms with Crippen molar-refractivity contribution in [1.29, 1.82) is 0 Å². The molecular weight excluding hydrogens is 392 g/mol. The highest BCUT2D eigenvalue weighted by atomic mass is 79.9. The van der Waals surface area contributed by atoms with E-state index >= 15 is 0 Å². The third-order valence-electron chi connectivity index (χ3n) is 2.28. The largest absolute Gasteiger partial charge is 0.145 e. The van der Waals surface area contributed by atoms with Crippen LogP contribution in [0.1, 0.15) is 25.0 Å². The molecule has 0 saturated carbocycles. The van der Waals surface area contributed by atoms with Gasteiger partial charge in [0.25, 0.3) is 0 Å². The van der Waals surface area contributed by atoms with Crippen molar-refractivity contribution in [3.05, 3.63) is 41.1 Å². The molecule has 0 saturated heterocycles. The normalized spacial score (nSPS) is 13.1. The molecule has 0 bridgehead atoms. The molecular formula is C11H9Br2ClS2. The van der Waals surface area contributed by atoms with Crippen molar-refractivity contribution in [2.45, 2.75) is 18.7 Å². The van der Waals surface area contributed by atoms with Gasteiger partial charge in [-0.3, -0.25) is 0 Å². The summed E-state index contributed by atoms with van der Waals surface area (Å²) in [7, 11) is 0. The molecule has 16 heavy (non-hydrogen) atoms. The maximum absolute atomic E-state index is 6.27. The van der Waals surface area contributed by atoms with Gasteiger partial charge in [0.15, 0.2) is 0 Å². The Labute approximate surface area is 125 Å². The van der Waals surface area contributed by atoms with Gasteiger partial charge < -0.3 is 0 Å². The molecule has 0 aromatic carbocycles. The number of alkyl halides is 1. The van der Waals surface area contributed by atoms with E-state index in [1.54, 1.807) is 22.7 Å². The first-order valence-corrected chi connectivity index (χ1v) is 8.42. The van der Waals surface area contributed by atoms with Gasteiger partial charge in [0, 0.05) is 19.1 Å². The molecule has 1 unspecified atom stereocenters. The Morgan fingerprint density at radius 2 is 2.06 bits per heavy atom. The van der Waals surface area contributed by atoms with Crippen LogP contribution in [0.2, 0.25) is 5.02 Å². The zero-order valence-corrected chi connectivity index (χ0v) is 14.2. The topological polar surface area (TPSA) is 0 Å². The monoisotopic (exact) mass is 398 g/mol. The summed E-state index contributed by atoms with van der Waals surface area (Å²) < 4.78 is 1.17. The number of hydrogen-bond donors (Lipinski definition) is 0. The summed E-state index contributed by atoms with van der Waals surface area (Å²) in [5.41, 5.74) is 1.15. The summed E-state index contributed by atoms with van der Waals surface area (Å²) in [6.07, 6.45) is 0. The van der Waals surface area contributed by atoms with E-state index in [1.165, 1.54) is 19.1 Å². The summed E-state index contributed by atoms with van der Waals surface area (Å²) in [5.74, 6) is 0. The molecule has 2 aromatic rings. The predicted octanol–water partition coefficient (Wildman–Crippen LogP) is 6.33. The van der Waals surface area contributed by atoms with Crippen molar-refractivity contribution in [1.82, 2.24) is 0 Å². The van der Waals surface area contributed by atoms with E-state index < -0.39 is 0 Å². The fourth-order valence-electron chi connectivity index (χ4n) is 1.36. The third kappa shape index (κ3) is 2.41. The smallest absolute Gasteiger partial charge is 0.0846 e. The minimum absolute atomic E-state index is 0.202. The van der Waals surface area contributed by atoms with Crippen LogP contribution in [0.3, 0.4) is 0 Å². The Morgan fingerprint density at radius 1 is 1.38 bits per heavy atom.